The van der Waals surface area contributed by atoms with Crippen molar-refractivity contribution in [3.05, 3.63) is 39.9 Å². The van der Waals surface area contributed by atoms with Crippen LogP contribution in [0.2, 0.25) is 0 Å². The highest BCUT2D eigenvalue weighted by atomic mass is 32.1. The minimum absolute atomic E-state index is 0.124. The number of carboxylic acids is 1. The van der Waals surface area contributed by atoms with Crippen LogP contribution in [0, 0.1) is 6.92 Å². The summed E-state index contributed by atoms with van der Waals surface area (Å²) in [4.78, 5) is 27.2. The van der Waals surface area contributed by atoms with E-state index in [2.05, 4.69) is 26.8 Å². The van der Waals surface area contributed by atoms with Gasteiger partial charge in [-0.15, -0.1) is 11.3 Å². The van der Waals surface area contributed by atoms with Gasteiger partial charge in [0.25, 0.3) is 0 Å². The maximum atomic E-state index is 10.8. The maximum Gasteiger partial charge on any atom is 0.338 e. The van der Waals surface area contributed by atoms with Crippen LogP contribution in [0.25, 0.3) is 0 Å². The Morgan fingerprint density at radius 3 is 2.76 bits per heavy atom. The average Bonchev–Trinajstić information content (AvgIpc) is 3.09. The average molecular weight is 304 g/mol. The van der Waals surface area contributed by atoms with Gasteiger partial charge in [-0.05, 0) is 26.3 Å². The van der Waals surface area contributed by atoms with Crippen molar-refractivity contribution in [2.24, 2.45) is 0 Å². The molecule has 0 aromatic carbocycles. The van der Waals surface area contributed by atoms with Gasteiger partial charge in [0.15, 0.2) is 0 Å². The molecule has 6 nitrogen and oxygen atoms in total. The highest BCUT2D eigenvalue weighted by Crippen LogP contribution is 2.31. The van der Waals surface area contributed by atoms with Crippen LogP contribution in [-0.2, 0) is 6.54 Å². The highest BCUT2D eigenvalue weighted by Gasteiger charge is 2.28. The summed E-state index contributed by atoms with van der Waals surface area (Å²) in [6.45, 7) is 3.84. The molecule has 1 aliphatic rings. The Morgan fingerprint density at radius 2 is 2.14 bits per heavy atom. The summed E-state index contributed by atoms with van der Waals surface area (Å²) in [6, 6.07) is 0.150. The Bertz CT molecular complexity index is 641. The molecule has 1 fully saturated rings. The van der Waals surface area contributed by atoms with E-state index in [4.69, 9.17) is 5.11 Å². The van der Waals surface area contributed by atoms with Crippen LogP contribution in [0.15, 0.2) is 18.6 Å². The SMILES string of the molecule is Cc1cnc(CN2CCCC2c2ncc(C(=O)O)cn2)s1. The third kappa shape index (κ3) is 3.08. The Labute approximate surface area is 126 Å². The summed E-state index contributed by atoms with van der Waals surface area (Å²) in [7, 11) is 0. The molecule has 1 saturated heterocycles. The van der Waals surface area contributed by atoms with Crippen LogP contribution in [0.3, 0.4) is 0 Å². The largest absolute Gasteiger partial charge is 0.478 e. The molecule has 0 aliphatic carbocycles. The van der Waals surface area contributed by atoms with Crippen molar-refractivity contribution in [1.29, 1.82) is 0 Å². The van der Waals surface area contributed by atoms with Crippen molar-refractivity contribution in [2.75, 3.05) is 6.54 Å². The van der Waals surface area contributed by atoms with E-state index in [0.717, 1.165) is 30.9 Å². The maximum absolute atomic E-state index is 10.8. The number of aromatic carboxylic acids is 1. The summed E-state index contributed by atoms with van der Waals surface area (Å²) in [5.74, 6) is -0.297. The fourth-order valence-electron chi connectivity index (χ4n) is 2.58. The molecule has 1 unspecified atom stereocenters. The fraction of sp³-hybridized carbons (Fsp3) is 0.429. The molecule has 0 bridgehead atoms. The van der Waals surface area contributed by atoms with Gasteiger partial charge in [-0.25, -0.2) is 19.7 Å². The monoisotopic (exact) mass is 304 g/mol. The lowest BCUT2D eigenvalue weighted by atomic mass is 10.2. The molecule has 0 amide bonds. The third-order valence-corrected chi connectivity index (χ3v) is 4.49. The van der Waals surface area contributed by atoms with Gasteiger partial charge in [0, 0.05) is 23.5 Å². The first-order chi connectivity index (χ1) is 10.1. The highest BCUT2D eigenvalue weighted by molar-refractivity contribution is 7.11. The molecule has 110 valence electrons. The Balaban J connectivity index is 1.75. The Hall–Kier alpha value is -1.86. The van der Waals surface area contributed by atoms with Gasteiger partial charge in [0.05, 0.1) is 18.2 Å². The topological polar surface area (TPSA) is 79.2 Å². The van der Waals surface area contributed by atoms with Crippen LogP contribution < -0.4 is 0 Å². The molecule has 1 N–H and O–H groups in total. The first-order valence-corrected chi connectivity index (χ1v) is 7.66. The van der Waals surface area contributed by atoms with Gasteiger partial charge < -0.3 is 5.11 Å². The number of carboxylic acid groups (broad SMARTS) is 1. The van der Waals surface area contributed by atoms with Crippen molar-refractivity contribution in [2.45, 2.75) is 32.4 Å². The zero-order chi connectivity index (χ0) is 14.8. The fourth-order valence-corrected chi connectivity index (χ4v) is 3.39. The van der Waals surface area contributed by atoms with Gasteiger partial charge >= 0.3 is 5.97 Å². The number of carbonyl (C=O) groups is 1. The molecule has 0 saturated carbocycles. The second-order valence-corrected chi connectivity index (χ2v) is 6.45. The van der Waals surface area contributed by atoms with E-state index < -0.39 is 5.97 Å². The number of aryl methyl sites for hydroxylation is 1. The lowest BCUT2D eigenvalue weighted by molar-refractivity contribution is 0.0695. The summed E-state index contributed by atoms with van der Waals surface area (Å²) < 4.78 is 0. The summed E-state index contributed by atoms with van der Waals surface area (Å²) in [5.41, 5.74) is 0.124. The number of hydrogen-bond acceptors (Lipinski definition) is 6. The number of likely N-dealkylation sites (tertiary alicyclic amines) is 1. The van der Waals surface area contributed by atoms with Crippen LogP contribution in [0.1, 0.15) is 45.0 Å². The van der Waals surface area contributed by atoms with Crippen molar-refractivity contribution >= 4 is 17.3 Å². The molecule has 7 heteroatoms. The van der Waals surface area contributed by atoms with Gasteiger partial charge in [-0.2, -0.15) is 0 Å². The Morgan fingerprint density at radius 1 is 1.38 bits per heavy atom. The van der Waals surface area contributed by atoms with Crippen LogP contribution in [-0.4, -0.2) is 37.5 Å². The van der Waals surface area contributed by atoms with Crippen LogP contribution >= 0.6 is 11.3 Å². The van der Waals surface area contributed by atoms with Gasteiger partial charge in [0.1, 0.15) is 10.8 Å². The van der Waals surface area contributed by atoms with Crippen molar-refractivity contribution in [1.82, 2.24) is 19.9 Å². The van der Waals surface area contributed by atoms with E-state index in [1.807, 2.05) is 6.20 Å². The summed E-state index contributed by atoms with van der Waals surface area (Å²) in [6.07, 6.45) is 6.75. The molecular formula is C14H16N4O2S. The molecule has 2 aromatic heterocycles. The number of thiazole rings is 1. The minimum Gasteiger partial charge on any atom is -0.478 e. The first-order valence-electron chi connectivity index (χ1n) is 6.84. The number of nitrogens with zero attached hydrogens (tertiary/aromatic N) is 4. The molecule has 0 radical (unpaired) electrons. The molecule has 3 rings (SSSR count). The number of hydrogen-bond donors (Lipinski definition) is 1. The quantitative estimate of drug-likeness (QED) is 0.933. The van der Waals surface area contributed by atoms with E-state index in [-0.39, 0.29) is 11.6 Å². The first kappa shape index (κ1) is 14.1. The second kappa shape index (κ2) is 5.87. The van der Waals surface area contributed by atoms with E-state index in [1.165, 1.54) is 17.3 Å². The molecular weight excluding hydrogens is 288 g/mol. The normalized spacial score (nSPS) is 19.0. The molecule has 3 heterocycles. The van der Waals surface area contributed by atoms with Gasteiger partial charge in [0.2, 0.25) is 0 Å². The third-order valence-electron chi connectivity index (χ3n) is 3.59. The van der Waals surface area contributed by atoms with Crippen molar-refractivity contribution in [3.8, 4) is 0 Å². The zero-order valence-electron chi connectivity index (χ0n) is 11.7. The minimum atomic E-state index is -0.997. The predicted octanol–water partition coefficient (Wildman–Crippen LogP) is 2.28. The number of aromatic nitrogens is 3. The standard InChI is InChI=1S/C14H16N4O2S/c1-9-5-15-12(21-9)8-18-4-2-3-11(18)13-16-6-10(7-17-13)14(19)20/h5-7,11H,2-4,8H2,1H3,(H,19,20). The smallest absolute Gasteiger partial charge is 0.338 e. The zero-order valence-corrected chi connectivity index (χ0v) is 12.5. The molecule has 0 spiro atoms. The number of rotatable bonds is 4. The van der Waals surface area contributed by atoms with E-state index in [0.29, 0.717) is 5.82 Å². The molecule has 2 aromatic rings. The molecule has 21 heavy (non-hydrogen) atoms. The van der Waals surface area contributed by atoms with Gasteiger partial charge in [-0.1, -0.05) is 0 Å². The van der Waals surface area contributed by atoms with Crippen LogP contribution in [0.4, 0.5) is 0 Å². The second-order valence-electron chi connectivity index (χ2n) is 5.13. The Kier molecular flexibility index (Phi) is 3.94. The lowest BCUT2D eigenvalue weighted by Crippen LogP contribution is -2.24. The van der Waals surface area contributed by atoms with Crippen molar-refractivity contribution < 1.29 is 9.90 Å². The lowest BCUT2D eigenvalue weighted by Gasteiger charge is -2.22. The van der Waals surface area contributed by atoms with E-state index in [9.17, 15) is 4.79 Å². The van der Waals surface area contributed by atoms with E-state index >= 15 is 0 Å². The van der Waals surface area contributed by atoms with E-state index in [1.54, 1.807) is 11.3 Å². The molecule has 1 aliphatic heterocycles. The molecule has 1 atom stereocenters. The van der Waals surface area contributed by atoms with Gasteiger partial charge in [-0.3, -0.25) is 4.90 Å². The van der Waals surface area contributed by atoms with Crippen LogP contribution in [0.5, 0.6) is 0 Å². The summed E-state index contributed by atoms with van der Waals surface area (Å²) in [5, 5.41) is 9.99. The predicted molar refractivity (Wildman–Crippen MR) is 78.2 cm³/mol. The summed E-state index contributed by atoms with van der Waals surface area (Å²) >= 11 is 1.71. The van der Waals surface area contributed by atoms with Crippen molar-refractivity contribution in [3.63, 3.8) is 0 Å².